The molecule has 1 atom stereocenters. The number of para-hydroxylation sites is 1. The second-order valence-electron chi connectivity index (χ2n) is 4.41. The van der Waals surface area contributed by atoms with Gasteiger partial charge < -0.3 is 19.9 Å². The first-order valence-electron chi connectivity index (χ1n) is 6.82. The van der Waals surface area contributed by atoms with Gasteiger partial charge in [-0.3, -0.25) is 0 Å². The van der Waals surface area contributed by atoms with Crippen molar-refractivity contribution in [1.29, 1.82) is 0 Å². The van der Waals surface area contributed by atoms with Crippen molar-refractivity contribution in [3.05, 3.63) is 23.8 Å². The maximum Gasteiger partial charge on any atom is 0.344 e. The maximum atomic E-state index is 11.4. The molecule has 5 heteroatoms. The molecule has 0 spiro atoms. The molecular formula is C15H23NO4. The number of hydrogen-bond donors (Lipinski definition) is 1. The summed E-state index contributed by atoms with van der Waals surface area (Å²) in [6.07, 6.45) is 1.54. The summed E-state index contributed by atoms with van der Waals surface area (Å²) < 4.78 is 15.7. The predicted molar refractivity (Wildman–Crippen MR) is 77.1 cm³/mol. The Morgan fingerprint density at radius 2 is 2.10 bits per heavy atom. The van der Waals surface area contributed by atoms with Gasteiger partial charge in [-0.25, -0.2) is 4.79 Å². The highest BCUT2D eigenvalue weighted by Crippen LogP contribution is 2.32. The second kappa shape index (κ2) is 8.43. The summed E-state index contributed by atoms with van der Waals surface area (Å²) in [7, 11) is 1.57. The van der Waals surface area contributed by atoms with E-state index in [-0.39, 0.29) is 12.6 Å². The van der Waals surface area contributed by atoms with Crippen molar-refractivity contribution >= 4 is 5.97 Å². The van der Waals surface area contributed by atoms with Crippen LogP contribution < -0.4 is 15.2 Å². The quantitative estimate of drug-likeness (QED) is 0.737. The zero-order chi connectivity index (χ0) is 15.0. The molecule has 0 aliphatic rings. The molecule has 0 radical (unpaired) electrons. The maximum absolute atomic E-state index is 11.4. The number of benzene rings is 1. The molecule has 0 aliphatic heterocycles. The lowest BCUT2D eigenvalue weighted by atomic mass is 10.0. The van der Waals surface area contributed by atoms with Crippen LogP contribution in [0.15, 0.2) is 18.2 Å². The van der Waals surface area contributed by atoms with Crippen molar-refractivity contribution in [2.24, 2.45) is 5.73 Å². The lowest BCUT2D eigenvalue weighted by Crippen LogP contribution is -2.22. The molecule has 1 aromatic rings. The molecule has 112 valence electrons. The van der Waals surface area contributed by atoms with Crippen LogP contribution in [-0.4, -0.2) is 32.3 Å². The highest BCUT2D eigenvalue weighted by Gasteiger charge is 2.14. The first kappa shape index (κ1) is 16.3. The van der Waals surface area contributed by atoms with Gasteiger partial charge in [-0.1, -0.05) is 19.1 Å². The smallest absolute Gasteiger partial charge is 0.344 e. The van der Waals surface area contributed by atoms with Crippen molar-refractivity contribution in [2.75, 3.05) is 20.3 Å². The molecule has 0 heterocycles. The van der Waals surface area contributed by atoms with Crippen LogP contribution in [0.5, 0.6) is 11.5 Å². The molecule has 1 unspecified atom stereocenters. The van der Waals surface area contributed by atoms with Gasteiger partial charge in [0.25, 0.3) is 0 Å². The Morgan fingerprint density at radius 1 is 1.35 bits per heavy atom. The standard InChI is InChI=1S/C15H23NO4/c1-4-12(16)9-11-7-6-8-13(18-3)15(11)20-10-14(17)19-5-2/h6-8,12H,4-5,9-10,16H2,1-3H3. The first-order valence-corrected chi connectivity index (χ1v) is 6.82. The van der Waals surface area contributed by atoms with Gasteiger partial charge in [-0.2, -0.15) is 0 Å². The van der Waals surface area contributed by atoms with Gasteiger partial charge in [0.15, 0.2) is 18.1 Å². The number of nitrogens with two attached hydrogens (primary N) is 1. The number of esters is 1. The second-order valence-corrected chi connectivity index (χ2v) is 4.41. The Bertz CT molecular complexity index is 434. The van der Waals surface area contributed by atoms with Gasteiger partial charge in [-0.15, -0.1) is 0 Å². The molecule has 1 aromatic carbocycles. The Kier molecular flexibility index (Phi) is 6.87. The number of ether oxygens (including phenoxy) is 3. The van der Waals surface area contributed by atoms with Crippen molar-refractivity contribution < 1.29 is 19.0 Å². The molecule has 0 saturated carbocycles. The molecule has 0 aromatic heterocycles. The van der Waals surface area contributed by atoms with E-state index in [0.717, 1.165) is 12.0 Å². The van der Waals surface area contributed by atoms with Gasteiger partial charge in [0, 0.05) is 6.04 Å². The molecule has 0 saturated heterocycles. The van der Waals surface area contributed by atoms with Gasteiger partial charge in [0.1, 0.15) is 0 Å². The van der Waals surface area contributed by atoms with Crippen molar-refractivity contribution in [1.82, 2.24) is 0 Å². The predicted octanol–water partition coefficient (Wildman–Crippen LogP) is 1.92. The lowest BCUT2D eigenvalue weighted by Gasteiger charge is -2.16. The molecule has 2 N–H and O–H groups in total. The Labute approximate surface area is 120 Å². The van der Waals surface area contributed by atoms with Gasteiger partial charge in [-0.05, 0) is 31.4 Å². The van der Waals surface area contributed by atoms with Crippen LogP contribution in [0.2, 0.25) is 0 Å². The van der Waals surface area contributed by atoms with Crippen LogP contribution in [0.1, 0.15) is 25.8 Å². The van der Waals surface area contributed by atoms with Crippen LogP contribution in [0.4, 0.5) is 0 Å². The fraction of sp³-hybridized carbons (Fsp3) is 0.533. The topological polar surface area (TPSA) is 70.8 Å². The number of carbonyl (C=O) groups excluding carboxylic acids is 1. The van der Waals surface area contributed by atoms with Crippen molar-refractivity contribution in [3.63, 3.8) is 0 Å². The van der Waals surface area contributed by atoms with E-state index >= 15 is 0 Å². The average Bonchev–Trinajstić information content (AvgIpc) is 2.45. The summed E-state index contributed by atoms with van der Waals surface area (Å²) in [5.74, 6) is 0.756. The van der Waals surface area contributed by atoms with Gasteiger partial charge in [0.05, 0.1) is 13.7 Å². The number of hydrogen-bond acceptors (Lipinski definition) is 5. The minimum Gasteiger partial charge on any atom is -0.493 e. The van der Waals surface area contributed by atoms with E-state index in [9.17, 15) is 4.79 Å². The summed E-state index contributed by atoms with van der Waals surface area (Å²) >= 11 is 0. The van der Waals surface area contributed by atoms with Gasteiger partial charge >= 0.3 is 5.97 Å². The largest absolute Gasteiger partial charge is 0.493 e. The summed E-state index contributed by atoms with van der Waals surface area (Å²) in [6.45, 7) is 3.99. The van der Waals surface area contributed by atoms with Crippen LogP contribution >= 0.6 is 0 Å². The van der Waals surface area contributed by atoms with Crippen molar-refractivity contribution in [2.45, 2.75) is 32.7 Å². The number of methoxy groups -OCH3 is 1. The summed E-state index contributed by atoms with van der Waals surface area (Å²) in [5.41, 5.74) is 6.91. The van der Waals surface area contributed by atoms with Crippen LogP contribution in [0.3, 0.4) is 0 Å². The Balaban J connectivity index is 2.86. The molecule has 0 bridgehead atoms. The summed E-state index contributed by atoms with van der Waals surface area (Å²) in [6, 6.07) is 5.65. The third kappa shape index (κ3) is 4.74. The molecule has 0 fully saturated rings. The minimum atomic E-state index is -0.399. The highest BCUT2D eigenvalue weighted by atomic mass is 16.6. The monoisotopic (exact) mass is 281 g/mol. The summed E-state index contributed by atoms with van der Waals surface area (Å²) in [4.78, 5) is 11.4. The van der Waals surface area contributed by atoms with E-state index in [1.54, 1.807) is 20.1 Å². The fourth-order valence-electron chi connectivity index (χ4n) is 1.81. The van der Waals surface area contributed by atoms with E-state index in [0.29, 0.717) is 24.5 Å². The molecule has 20 heavy (non-hydrogen) atoms. The lowest BCUT2D eigenvalue weighted by molar-refractivity contribution is -0.145. The van der Waals surface area contributed by atoms with Crippen LogP contribution in [0.25, 0.3) is 0 Å². The zero-order valence-corrected chi connectivity index (χ0v) is 12.3. The van der Waals surface area contributed by atoms with E-state index in [2.05, 4.69) is 0 Å². The normalized spacial score (nSPS) is 11.8. The molecule has 0 amide bonds. The Hall–Kier alpha value is -1.75. The number of rotatable bonds is 8. The SMILES string of the molecule is CCOC(=O)COc1c(CC(N)CC)cccc1OC. The highest BCUT2D eigenvalue weighted by molar-refractivity contribution is 5.71. The average molecular weight is 281 g/mol. The molecule has 5 nitrogen and oxygen atoms in total. The third-order valence-electron chi connectivity index (χ3n) is 2.93. The van der Waals surface area contributed by atoms with Crippen LogP contribution in [-0.2, 0) is 16.0 Å². The van der Waals surface area contributed by atoms with E-state index in [1.165, 1.54) is 0 Å². The molecule has 0 aliphatic carbocycles. The van der Waals surface area contributed by atoms with E-state index in [1.807, 2.05) is 19.1 Å². The van der Waals surface area contributed by atoms with E-state index < -0.39 is 5.97 Å². The summed E-state index contributed by atoms with van der Waals surface area (Å²) in [5, 5.41) is 0. The van der Waals surface area contributed by atoms with E-state index in [4.69, 9.17) is 19.9 Å². The third-order valence-corrected chi connectivity index (χ3v) is 2.93. The van der Waals surface area contributed by atoms with Crippen molar-refractivity contribution in [3.8, 4) is 11.5 Å². The minimum absolute atomic E-state index is 0.0482. The van der Waals surface area contributed by atoms with Gasteiger partial charge in [0.2, 0.25) is 0 Å². The first-order chi connectivity index (χ1) is 9.62. The Morgan fingerprint density at radius 3 is 2.70 bits per heavy atom. The molecule has 1 rings (SSSR count). The number of carbonyl (C=O) groups is 1. The van der Waals surface area contributed by atoms with Crippen LogP contribution in [0, 0.1) is 0 Å². The fourth-order valence-corrected chi connectivity index (χ4v) is 1.81. The zero-order valence-electron chi connectivity index (χ0n) is 12.3. The molecular weight excluding hydrogens is 258 g/mol.